The van der Waals surface area contributed by atoms with Crippen LogP contribution >= 0.6 is 38.9 Å². The second-order valence-electron chi connectivity index (χ2n) is 5.04. The van der Waals surface area contributed by atoms with Crippen LogP contribution in [0.3, 0.4) is 0 Å². The molecule has 0 spiro atoms. The molecule has 0 atom stereocenters. The highest BCUT2D eigenvalue weighted by molar-refractivity contribution is 9.09. The van der Waals surface area contributed by atoms with Crippen molar-refractivity contribution in [3.05, 3.63) is 28.4 Å². The molecule has 2 rings (SSSR count). The first-order valence-electron chi connectivity index (χ1n) is 7.48. The molecule has 2 aromatic rings. The number of carbonyl (C=O) groups excluding carboxylic acids is 1. The first-order valence-corrected chi connectivity index (χ1v) is 9.86. The number of benzene rings is 1. The lowest BCUT2D eigenvalue weighted by atomic mass is 10.1. The average Bonchev–Trinajstić information content (AvgIpc) is 3.01. The molecule has 0 unspecified atom stereocenters. The summed E-state index contributed by atoms with van der Waals surface area (Å²) in [7, 11) is 0. The summed E-state index contributed by atoms with van der Waals surface area (Å²) in [4.78, 5) is 15.6. The van der Waals surface area contributed by atoms with Crippen LogP contribution in [-0.2, 0) is 4.79 Å². The molecular formula is C16H17BrClFN2O2S. The fourth-order valence-corrected chi connectivity index (χ4v) is 3.13. The SMILES string of the molecule is CCCCCOc1c(F)cc(-c2csc(NC(=O)CBr)n2)cc1Cl. The van der Waals surface area contributed by atoms with Crippen LogP contribution in [0.1, 0.15) is 26.2 Å². The molecule has 0 fully saturated rings. The zero-order chi connectivity index (χ0) is 17.5. The maximum Gasteiger partial charge on any atom is 0.236 e. The summed E-state index contributed by atoms with van der Waals surface area (Å²) in [5, 5.41) is 5.21. The van der Waals surface area contributed by atoms with E-state index in [2.05, 4.69) is 33.2 Å². The van der Waals surface area contributed by atoms with Gasteiger partial charge in [0.05, 0.1) is 22.7 Å². The van der Waals surface area contributed by atoms with Crippen LogP contribution in [0.4, 0.5) is 9.52 Å². The Bertz CT molecular complexity index is 688. The van der Waals surface area contributed by atoms with E-state index in [0.717, 1.165) is 19.3 Å². The van der Waals surface area contributed by atoms with Gasteiger partial charge in [0.25, 0.3) is 0 Å². The predicted molar refractivity (Wildman–Crippen MR) is 100.0 cm³/mol. The summed E-state index contributed by atoms with van der Waals surface area (Å²) >= 11 is 10.5. The molecule has 0 aliphatic rings. The summed E-state index contributed by atoms with van der Waals surface area (Å²) < 4.78 is 19.7. The van der Waals surface area contributed by atoms with Crippen molar-refractivity contribution in [1.82, 2.24) is 4.98 Å². The van der Waals surface area contributed by atoms with Gasteiger partial charge in [0.1, 0.15) is 0 Å². The number of aromatic nitrogens is 1. The molecule has 130 valence electrons. The Morgan fingerprint density at radius 3 is 2.92 bits per heavy atom. The number of carbonyl (C=O) groups is 1. The molecule has 8 heteroatoms. The number of halogens is 3. The van der Waals surface area contributed by atoms with Gasteiger partial charge < -0.3 is 10.1 Å². The number of alkyl halides is 1. The van der Waals surface area contributed by atoms with Crippen LogP contribution < -0.4 is 10.1 Å². The third-order valence-corrected chi connectivity index (χ3v) is 4.71. The monoisotopic (exact) mass is 434 g/mol. The number of rotatable bonds is 8. The average molecular weight is 436 g/mol. The molecule has 0 saturated heterocycles. The number of ether oxygens (including phenoxy) is 1. The van der Waals surface area contributed by atoms with Gasteiger partial charge in [0.2, 0.25) is 5.91 Å². The number of nitrogens with zero attached hydrogens (tertiary/aromatic N) is 1. The van der Waals surface area contributed by atoms with E-state index >= 15 is 0 Å². The first-order chi connectivity index (χ1) is 11.5. The van der Waals surface area contributed by atoms with Gasteiger partial charge in [-0.3, -0.25) is 4.79 Å². The van der Waals surface area contributed by atoms with E-state index in [4.69, 9.17) is 16.3 Å². The normalized spacial score (nSPS) is 10.7. The highest BCUT2D eigenvalue weighted by atomic mass is 79.9. The van der Waals surface area contributed by atoms with Crippen LogP contribution in [0.2, 0.25) is 5.02 Å². The third kappa shape index (κ3) is 5.16. The van der Waals surface area contributed by atoms with Crippen molar-refractivity contribution in [2.75, 3.05) is 17.3 Å². The summed E-state index contributed by atoms with van der Waals surface area (Å²) in [6.45, 7) is 2.52. The lowest BCUT2D eigenvalue weighted by Gasteiger charge is -2.10. The molecule has 1 aromatic heterocycles. The van der Waals surface area contributed by atoms with E-state index < -0.39 is 5.82 Å². The number of hydrogen-bond acceptors (Lipinski definition) is 4. The van der Waals surface area contributed by atoms with Crippen molar-refractivity contribution in [2.24, 2.45) is 0 Å². The molecular weight excluding hydrogens is 419 g/mol. The third-order valence-electron chi connectivity index (χ3n) is 3.16. The molecule has 4 nitrogen and oxygen atoms in total. The maximum absolute atomic E-state index is 14.3. The number of amides is 1. The standard InChI is InChI=1S/C16H17BrClFN2O2S/c1-2-3-4-5-23-15-11(18)6-10(7-12(15)19)13-9-24-16(20-13)21-14(22)8-17/h6-7,9H,2-5,8H2,1H3,(H,20,21,22). The van der Waals surface area contributed by atoms with Crippen LogP contribution in [0, 0.1) is 5.82 Å². The zero-order valence-corrected chi connectivity index (χ0v) is 16.2. The molecule has 0 saturated carbocycles. The minimum Gasteiger partial charge on any atom is -0.489 e. The van der Waals surface area contributed by atoms with E-state index in [1.165, 1.54) is 17.4 Å². The Hall–Kier alpha value is -1.18. The van der Waals surface area contributed by atoms with Gasteiger partial charge >= 0.3 is 0 Å². The maximum atomic E-state index is 14.3. The summed E-state index contributed by atoms with van der Waals surface area (Å²) in [6, 6.07) is 2.96. The fourth-order valence-electron chi connectivity index (χ4n) is 1.99. The van der Waals surface area contributed by atoms with Crippen LogP contribution in [0.5, 0.6) is 5.75 Å². The number of unbranched alkanes of at least 4 members (excludes halogenated alkanes) is 2. The largest absolute Gasteiger partial charge is 0.489 e. The van der Waals surface area contributed by atoms with Gasteiger partial charge in [0, 0.05) is 10.9 Å². The van der Waals surface area contributed by atoms with Crippen molar-refractivity contribution < 1.29 is 13.9 Å². The molecule has 1 N–H and O–H groups in total. The topological polar surface area (TPSA) is 51.2 Å². The van der Waals surface area contributed by atoms with E-state index in [-0.39, 0.29) is 22.0 Å². The highest BCUT2D eigenvalue weighted by Crippen LogP contribution is 2.34. The molecule has 24 heavy (non-hydrogen) atoms. The number of hydrogen-bond donors (Lipinski definition) is 1. The summed E-state index contributed by atoms with van der Waals surface area (Å²) in [6.07, 6.45) is 2.95. The highest BCUT2D eigenvalue weighted by Gasteiger charge is 2.14. The van der Waals surface area contributed by atoms with Crippen molar-refractivity contribution in [1.29, 1.82) is 0 Å². The molecule has 1 amide bonds. The molecule has 1 aromatic carbocycles. The van der Waals surface area contributed by atoms with Gasteiger partial charge in [-0.1, -0.05) is 47.3 Å². The zero-order valence-electron chi connectivity index (χ0n) is 13.1. The molecule has 0 radical (unpaired) electrons. The van der Waals surface area contributed by atoms with Crippen LogP contribution in [-0.4, -0.2) is 22.8 Å². The Morgan fingerprint density at radius 2 is 2.25 bits per heavy atom. The number of anilines is 1. The molecule has 1 heterocycles. The van der Waals surface area contributed by atoms with E-state index in [9.17, 15) is 9.18 Å². The first kappa shape index (κ1) is 19.1. The Kier molecular flexibility index (Phi) is 7.45. The summed E-state index contributed by atoms with van der Waals surface area (Å²) in [5.74, 6) is -0.649. The van der Waals surface area contributed by atoms with Gasteiger partial charge in [-0.05, 0) is 18.6 Å². The van der Waals surface area contributed by atoms with Gasteiger partial charge in [-0.15, -0.1) is 11.3 Å². The van der Waals surface area contributed by atoms with Gasteiger partial charge in [0.15, 0.2) is 16.7 Å². The number of thiazole rings is 1. The lowest BCUT2D eigenvalue weighted by molar-refractivity contribution is -0.113. The van der Waals surface area contributed by atoms with Crippen molar-refractivity contribution in [2.45, 2.75) is 26.2 Å². The smallest absolute Gasteiger partial charge is 0.236 e. The molecule has 0 aliphatic heterocycles. The minimum atomic E-state index is -0.520. The van der Waals surface area contributed by atoms with E-state index in [1.807, 2.05) is 0 Å². The second-order valence-corrected chi connectivity index (χ2v) is 6.87. The van der Waals surface area contributed by atoms with E-state index in [0.29, 0.717) is 23.0 Å². The van der Waals surface area contributed by atoms with Gasteiger partial charge in [-0.25, -0.2) is 9.37 Å². The Balaban J connectivity index is 2.13. The Labute approximate surface area is 157 Å². The summed E-state index contributed by atoms with van der Waals surface area (Å²) in [5.41, 5.74) is 1.08. The molecule has 0 aliphatic carbocycles. The second kappa shape index (κ2) is 9.34. The van der Waals surface area contributed by atoms with Gasteiger partial charge in [-0.2, -0.15) is 0 Å². The van der Waals surface area contributed by atoms with Crippen LogP contribution in [0.25, 0.3) is 11.3 Å². The predicted octanol–water partition coefficient (Wildman–Crippen LogP) is 5.51. The molecule has 0 bridgehead atoms. The lowest BCUT2D eigenvalue weighted by Crippen LogP contribution is -2.11. The van der Waals surface area contributed by atoms with Crippen molar-refractivity contribution in [3.8, 4) is 17.0 Å². The minimum absolute atomic E-state index is 0.0690. The Morgan fingerprint density at radius 1 is 1.46 bits per heavy atom. The van der Waals surface area contributed by atoms with Crippen LogP contribution in [0.15, 0.2) is 17.5 Å². The fraction of sp³-hybridized carbons (Fsp3) is 0.375. The quantitative estimate of drug-likeness (QED) is 0.440. The van der Waals surface area contributed by atoms with E-state index in [1.54, 1.807) is 11.4 Å². The van der Waals surface area contributed by atoms with Crippen molar-refractivity contribution >= 4 is 49.9 Å². The number of nitrogens with one attached hydrogen (secondary N) is 1. The van der Waals surface area contributed by atoms with Crippen molar-refractivity contribution in [3.63, 3.8) is 0 Å².